The largest absolute Gasteiger partial charge is 0.352 e. The maximum absolute atomic E-state index is 11.1. The standard InChI is InChI=1S/C8H13NOS/c10-8-3-4-11-5-7(9-8)6-1-2-6/h6-7H,1-5H2,(H,9,10). The Morgan fingerprint density at radius 3 is 3.00 bits per heavy atom. The summed E-state index contributed by atoms with van der Waals surface area (Å²) in [5.74, 6) is 3.21. The molecule has 0 bridgehead atoms. The molecule has 1 amide bonds. The molecule has 1 atom stereocenters. The molecule has 62 valence electrons. The lowest BCUT2D eigenvalue weighted by atomic mass is 10.2. The molecule has 1 N–H and O–H groups in total. The van der Waals surface area contributed by atoms with Crippen LogP contribution >= 0.6 is 11.8 Å². The summed E-state index contributed by atoms with van der Waals surface area (Å²) in [6.45, 7) is 0. The van der Waals surface area contributed by atoms with E-state index < -0.39 is 0 Å². The van der Waals surface area contributed by atoms with Crippen LogP contribution < -0.4 is 5.32 Å². The third-order valence-corrected chi connectivity index (χ3v) is 3.40. The summed E-state index contributed by atoms with van der Waals surface area (Å²) in [4.78, 5) is 11.1. The van der Waals surface area contributed by atoms with Crippen LogP contribution in [0.2, 0.25) is 0 Å². The van der Waals surface area contributed by atoms with Crippen molar-refractivity contribution in [2.24, 2.45) is 5.92 Å². The number of amides is 1. The van der Waals surface area contributed by atoms with Crippen LogP contribution in [0.1, 0.15) is 19.3 Å². The summed E-state index contributed by atoms with van der Waals surface area (Å²) in [5, 5.41) is 3.08. The number of rotatable bonds is 1. The van der Waals surface area contributed by atoms with Crippen LogP contribution in [0.15, 0.2) is 0 Å². The van der Waals surface area contributed by atoms with E-state index in [1.807, 2.05) is 11.8 Å². The first-order valence-corrected chi connectivity index (χ1v) is 5.39. The van der Waals surface area contributed by atoms with E-state index in [1.54, 1.807) is 0 Å². The quantitative estimate of drug-likeness (QED) is 0.638. The van der Waals surface area contributed by atoms with Crippen molar-refractivity contribution in [3.05, 3.63) is 0 Å². The van der Waals surface area contributed by atoms with Crippen LogP contribution in [-0.4, -0.2) is 23.5 Å². The van der Waals surface area contributed by atoms with Gasteiger partial charge in [-0.25, -0.2) is 0 Å². The predicted molar refractivity (Wildman–Crippen MR) is 46.6 cm³/mol. The molecule has 1 unspecified atom stereocenters. The fourth-order valence-corrected chi connectivity index (χ4v) is 2.55. The first-order chi connectivity index (χ1) is 5.36. The molecule has 1 saturated heterocycles. The van der Waals surface area contributed by atoms with Gasteiger partial charge in [0, 0.05) is 24.0 Å². The highest BCUT2D eigenvalue weighted by Crippen LogP contribution is 2.34. The Kier molecular flexibility index (Phi) is 2.07. The number of carbonyl (C=O) groups excluding carboxylic acids is 1. The van der Waals surface area contributed by atoms with E-state index in [1.165, 1.54) is 12.8 Å². The smallest absolute Gasteiger partial charge is 0.221 e. The van der Waals surface area contributed by atoms with E-state index in [9.17, 15) is 4.79 Å². The molecule has 1 aliphatic heterocycles. The lowest BCUT2D eigenvalue weighted by Gasteiger charge is -2.13. The number of nitrogens with one attached hydrogen (secondary N) is 1. The van der Waals surface area contributed by atoms with Gasteiger partial charge in [0.1, 0.15) is 0 Å². The zero-order valence-electron chi connectivity index (χ0n) is 6.51. The zero-order valence-corrected chi connectivity index (χ0v) is 7.32. The Labute approximate surface area is 71.1 Å². The minimum Gasteiger partial charge on any atom is -0.352 e. The maximum atomic E-state index is 11.1. The second-order valence-corrected chi connectivity index (χ2v) is 4.49. The maximum Gasteiger partial charge on any atom is 0.221 e. The molecule has 2 rings (SSSR count). The van der Waals surface area contributed by atoms with Crippen molar-refractivity contribution in [1.82, 2.24) is 5.32 Å². The van der Waals surface area contributed by atoms with Gasteiger partial charge in [-0.05, 0) is 18.8 Å². The van der Waals surface area contributed by atoms with Gasteiger partial charge in [0.25, 0.3) is 0 Å². The fraction of sp³-hybridized carbons (Fsp3) is 0.875. The SMILES string of the molecule is O=C1CCSCC(C2CC2)N1. The minimum absolute atomic E-state index is 0.256. The molecular weight excluding hydrogens is 158 g/mol. The van der Waals surface area contributed by atoms with Gasteiger partial charge in [0.15, 0.2) is 0 Å². The first kappa shape index (κ1) is 7.47. The normalized spacial score (nSPS) is 32.7. The fourth-order valence-electron chi connectivity index (χ4n) is 1.45. The first-order valence-electron chi connectivity index (χ1n) is 4.23. The molecule has 1 aliphatic carbocycles. The number of hydrogen-bond donors (Lipinski definition) is 1. The van der Waals surface area contributed by atoms with Gasteiger partial charge in [-0.1, -0.05) is 0 Å². The molecule has 3 heteroatoms. The third-order valence-electron chi connectivity index (χ3n) is 2.31. The van der Waals surface area contributed by atoms with Crippen molar-refractivity contribution >= 4 is 17.7 Å². The summed E-state index contributed by atoms with van der Waals surface area (Å²) < 4.78 is 0. The number of thioether (sulfide) groups is 1. The second kappa shape index (κ2) is 3.05. The van der Waals surface area contributed by atoms with Crippen molar-refractivity contribution in [1.29, 1.82) is 0 Å². The Hall–Kier alpha value is -0.180. The van der Waals surface area contributed by atoms with Gasteiger partial charge in [-0.15, -0.1) is 0 Å². The number of carbonyl (C=O) groups is 1. The Morgan fingerprint density at radius 1 is 1.45 bits per heavy atom. The molecule has 2 nitrogen and oxygen atoms in total. The van der Waals surface area contributed by atoms with Crippen LogP contribution in [0.4, 0.5) is 0 Å². The second-order valence-electron chi connectivity index (χ2n) is 3.34. The van der Waals surface area contributed by atoms with Gasteiger partial charge in [-0.2, -0.15) is 11.8 Å². The van der Waals surface area contributed by atoms with Crippen LogP contribution in [0, 0.1) is 5.92 Å². The molecule has 0 aromatic rings. The highest BCUT2D eigenvalue weighted by Gasteiger charge is 2.32. The third kappa shape index (κ3) is 1.89. The molecule has 0 spiro atoms. The van der Waals surface area contributed by atoms with Crippen LogP contribution in [0.3, 0.4) is 0 Å². The summed E-state index contributed by atoms with van der Waals surface area (Å²) in [6.07, 6.45) is 3.37. The van der Waals surface area contributed by atoms with E-state index in [0.29, 0.717) is 12.5 Å². The van der Waals surface area contributed by atoms with E-state index in [4.69, 9.17) is 0 Å². The topological polar surface area (TPSA) is 29.1 Å². The zero-order chi connectivity index (χ0) is 7.68. The predicted octanol–water partition coefficient (Wildman–Crippen LogP) is 1.02. The summed E-state index contributed by atoms with van der Waals surface area (Å²) in [7, 11) is 0. The average Bonchev–Trinajstić information content (AvgIpc) is 2.71. The van der Waals surface area contributed by atoms with Gasteiger partial charge in [0.2, 0.25) is 5.91 Å². The summed E-state index contributed by atoms with van der Waals surface area (Å²) in [5.41, 5.74) is 0. The van der Waals surface area contributed by atoms with Crippen molar-refractivity contribution in [2.75, 3.05) is 11.5 Å². The Balaban J connectivity index is 1.91. The Bertz CT molecular complexity index is 167. The highest BCUT2D eigenvalue weighted by atomic mass is 32.2. The van der Waals surface area contributed by atoms with Gasteiger partial charge < -0.3 is 5.32 Å². The molecule has 2 aliphatic rings. The molecule has 0 aromatic heterocycles. The molecule has 1 heterocycles. The van der Waals surface area contributed by atoms with Crippen molar-refractivity contribution in [3.8, 4) is 0 Å². The van der Waals surface area contributed by atoms with Gasteiger partial charge in [-0.3, -0.25) is 4.79 Å². The monoisotopic (exact) mass is 171 g/mol. The van der Waals surface area contributed by atoms with E-state index in [0.717, 1.165) is 17.4 Å². The molecule has 1 saturated carbocycles. The molecule has 11 heavy (non-hydrogen) atoms. The lowest BCUT2D eigenvalue weighted by Crippen LogP contribution is -2.36. The molecule has 2 fully saturated rings. The van der Waals surface area contributed by atoms with Gasteiger partial charge >= 0.3 is 0 Å². The minimum atomic E-state index is 0.256. The summed E-state index contributed by atoms with van der Waals surface area (Å²) >= 11 is 1.91. The van der Waals surface area contributed by atoms with E-state index in [2.05, 4.69) is 5.32 Å². The Morgan fingerprint density at radius 2 is 2.27 bits per heavy atom. The van der Waals surface area contributed by atoms with Crippen molar-refractivity contribution < 1.29 is 4.79 Å². The van der Waals surface area contributed by atoms with Crippen LogP contribution in [0.5, 0.6) is 0 Å². The average molecular weight is 171 g/mol. The lowest BCUT2D eigenvalue weighted by molar-refractivity contribution is -0.121. The summed E-state index contributed by atoms with van der Waals surface area (Å²) in [6, 6.07) is 0.495. The molecule has 0 aromatic carbocycles. The van der Waals surface area contributed by atoms with E-state index >= 15 is 0 Å². The van der Waals surface area contributed by atoms with Crippen molar-refractivity contribution in [3.63, 3.8) is 0 Å². The van der Waals surface area contributed by atoms with Crippen molar-refractivity contribution in [2.45, 2.75) is 25.3 Å². The number of hydrogen-bond acceptors (Lipinski definition) is 2. The molecular formula is C8H13NOS. The van der Waals surface area contributed by atoms with Gasteiger partial charge in [0.05, 0.1) is 0 Å². The molecule has 0 radical (unpaired) electrons. The van der Waals surface area contributed by atoms with E-state index in [-0.39, 0.29) is 5.91 Å². The van der Waals surface area contributed by atoms with Crippen LogP contribution in [0.25, 0.3) is 0 Å². The highest BCUT2D eigenvalue weighted by molar-refractivity contribution is 7.99. The van der Waals surface area contributed by atoms with Crippen LogP contribution in [-0.2, 0) is 4.79 Å².